The van der Waals surface area contributed by atoms with Gasteiger partial charge < -0.3 is 20.3 Å². The molecule has 0 saturated heterocycles. The van der Waals surface area contributed by atoms with Crippen LogP contribution in [0.25, 0.3) is 0 Å². The van der Waals surface area contributed by atoms with Crippen LogP contribution in [-0.2, 0) is 6.42 Å². The summed E-state index contributed by atoms with van der Waals surface area (Å²) in [5, 5.41) is 9.00. The van der Waals surface area contributed by atoms with Gasteiger partial charge in [-0.05, 0) is 17.7 Å². The topological polar surface area (TPSA) is 64.7 Å². The van der Waals surface area contributed by atoms with Crippen molar-refractivity contribution < 1.29 is 14.6 Å². The molecule has 0 aliphatic heterocycles. The second kappa shape index (κ2) is 4.83. The van der Waals surface area contributed by atoms with Gasteiger partial charge in [0.25, 0.3) is 0 Å². The van der Waals surface area contributed by atoms with Crippen molar-refractivity contribution in [2.45, 2.75) is 12.6 Å². The Morgan fingerprint density at radius 3 is 2.43 bits per heavy atom. The fourth-order valence-electron chi connectivity index (χ4n) is 1.25. The molecule has 0 fully saturated rings. The SMILES string of the molecule is COc1ccc(CC(N)O)cc1OC. The molecule has 1 atom stereocenters. The van der Waals surface area contributed by atoms with Gasteiger partial charge in [0.2, 0.25) is 0 Å². The van der Waals surface area contributed by atoms with E-state index in [1.54, 1.807) is 26.4 Å². The number of methoxy groups -OCH3 is 2. The first kappa shape index (κ1) is 10.8. The third-order valence-electron chi connectivity index (χ3n) is 1.89. The van der Waals surface area contributed by atoms with Crippen molar-refractivity contribution in [2.75, 3.05) is 14.2 Å². The van der Waals surface area contributed by atoms with E-state index < -0.39 is 6.23 Å². The highest BCUT2D eigenvalue weighted by atomic mass is 16.5. The van der Waals surface area contributed by atoms with E-state index in [0.717, 1.165) is 5.56 Å². The van der Waals surface area contributed by atoms with Crippen LogP contribution in [0.2, 0.25) is 0 Å². The molecule has 0 amide bonds. The predicted molar refractivity (Wildman–Crippen MR) is 53.4 cm³/mol. The first-order chi connectivity index (χ1) is 6.67. The second-order valence-corrected chi connectivity index (χ2v) is 2.96. The largest absolute Gasteiger partial charge is 0.493 e. The quantitative estimate of drug-likeness (QED) is 0.691. The van der Waals surface area contributed by atoms with E-state index in [1.165, 1.54) is 0 Å². The van der Waals surface area contributed by atoms with Crippen LogP contribution in [0, 0.1) is 0 Å². The van der Waals surface area contributed by atoms with Crippen LogP contribution >= 0.6 is 0 Å². The molecule has 78 valence electrons. The lowest BCUT2D eigenvalue weighted by Gasteiger charge is -2.10. The van der Waals surface area contributed by atoms with Crippen LogP contribution in [0.4, 0.5) is 0 Å². The van der Waals surface area contributed by atoms with Gasteiger partial charge in [-0.3, -0.25) is 0 Å². The summed E-state index contributed by atoms with van der Waals surface area (Å²) >= 11 is 0. The van der Waals surface area contributed by atoms with Crippen molar-refractivity contribution in [3.63, 3.8) is 0 Å². The van der Waals surface area contributed by atoms with Gasteiger partial charge in [0, 0.05) is 6.42 Å². The molecule has 1 aromatic carbocycles. The summed E-state index contributed by atoms with van der Waals surface area (Å²) in [5.74, 6) is 1.31. The van der Waals surface area contributed by atoms with Crippen LogP contribution < -0.4 is 15.2 Å². The minimum absolute atomic E-state index is 0.403. The molecule has 0 radical (unpaired) electrons. The van der Waals surface area contributed by atoms with Crippen LogP contribution in [0.15, 0.2) is 18.2 Å². The Hall–Kier alpha value is -1.26. The molecule has 4 heteroatoms. The van der Waals surface area contributed by atoms with Crippen LogP contribution in [-0.4, -0.2) is 25.6 Å². The first-order valence-corrected chi connectivity index (χ1v) is 4.32. The molecule has 0 spiro atoms. The maximum atomic E-state index is 9.00. The molecule has 0 saturated carbocycles. The van der Waals surface area contributed by atoms with Crippen LogP contribution in [0.3, 0.4) is 0 Å². The van der Waals surface area contributed by atoms with Gasteiger partial charge in [0.05, 0.1) is 14.2 Å². The first-order valence-electron chi connectivity index (χ1n) is 4.32. The fourth-order valence-corrected chi connectivity index (χ4v) is 1.25. The molecule has 3 N–H and O–H groups in total. The molecular weight excluding hydrogens is 182 g/mol. The Morgan fingerprint density at radius 1 is 1.29 bits per heavy atom. The minimum atomic E-state index is -0.840. The average Bonchev–Trinajstić information content (AvgIpc) is 2.16. The van der Waals surface area contributed by atoms with E-state index in [-0.39, 0.29) is 0 Å². The summed E-state index contributed by atoms with van der Waals surface area (Å²) < 4.78 is 10.2. The van der Waals surface area contributed by atoms with E-state index >= 15 is 0 Å². The number of benzene rings is 1. The van der Waals surface area contributed by atoms with Gasteiger partial charge in [-0.15, -0.1) is 0 Å². The number of aliphatic hydroxyl groups is 1. The number of ether oxygens (including phenoxy) is 2. The Labute approximate surface area is 83.3 Å². The fraction of sp³-hybridized carbons (Fsp3) is 0.400. The third-order valence-corrected chi connectivity index (χ3v) is 1.89. The Kier molecular flexibility index (Phi) is 3.73. The molecule has 14 heavy (non-hydrogen) atoms. The Morgan fingerprint density at radius 2 is 1.93 bits per heavy atom. The lowest BCUT2D eigenvalue weighted by atomic mass is 10.1. The standard InChI is InChI=1S/C10H15NO3/c1-13-8-4-3-7(6-10(11)12)5-9(8)14-2/h3-5,10,12H,6,11H2,1-2H3. The van der Waals surface area contributed by atoms with Crippen molar-refractivity contribution in [2.24, 2.45) is 5.73 Å². The number of hydrogen-bond acceptors (Lipinski definition) is 4. The molecule has 1 aromatic rings. The molecule has 0 aromatic heterocycles. The zero-order valence-electron chi connectivity index (χ0n) is 8.36. The van der Waals surface area contributed by atoms with Crippen molar-refractivity contribution in [3.8, 4) is 11.5 Å². The normalized spacial score (nSPS) is 12.3. The minimum Gasteiger partial charge on any atom is -0.493 e. The summed E-state index contributed by atoms with van der Waals surface area (Å²) in [4.78, 5) is 0. The number of rotatable bonds is 4. The predicted octanol–water partition coefficient (Wildman–Crippen LogP) is 0.523. The summed E-state index contributed by atoms with van der Waals surface area (Å²) in [7, 11) is 3.15. The maximum Gasteiger partial charge on any atom is 0.160 e. The van der Waals surface area contributed by atoms with Gasteiger partial charge >= 0.3 is 0 Å². The lowest BCUT2D eigenvalue weighted by molar-refractivity contribution is 0.183. The highest BCUT2D eigenvalue weighted by Crippen LogP contribution is 2.27. The Bertz CT molecular complexity index is 299. The highest BCUT2D eigenvalue weighted by Gasteiger charge is 2.05. The highest BCUT2D eigenvalue weighted by molar-refractivity contribution is 5.42. The molecule has 1 unspecified atom stereocenters. The van der Waals surface area contributed by atoms with Gasteiger partial charge in [-0.1, -0.05) is 6.07 Å². The summed E-state index contributed by atoms with van der Waals surface area (Å²) in [6, 6.07) is 5.43. The molecule has 0 aliphatic carbocycles. The van der Waals surface area contributed by atoms with Gasteiger partial charge in [0.1, 0.15) is 6.23 Å². The van der Waals surface area contributed by atoms with Crippen molar-refractivity contribution in [1.29, 1.82) is 0 Å². The summed E-state index contributed by atoms with van der Waals surface area (Å²) in [6.07, 6.45) is -0.437. The van der Waals surface area contributed by atoms with Gasteiger partial charge in [-0.25, -0.2) is 0 Å². The van der Waals surface area contributed by atoms with E-state index in [4.69, 9.17) is 20.3 Å². The number of hydrogen-bond donors (Lipinski definition) is 2. The number of nitrogens with two attached hydrogens (primary N) is 1. The van der Waals surface area contributed by atoms with E-state index in [9.17, 15) is 0 Å². The van der Waals surface area contributed by atoms with E-state index in [1.807, 2.05) is 6.07 Å². The van der Waals surface area contributed by atoms with Gasteiger partial charge in [0.15, 0.2) is 11.5 Å². The van der Waals surface area contributed by atoms with Gasteiger partial charge in [-0.2, -0.15) is 0 Å². The molecule has 0 heterocycles. The molecule has 1 rings (SSSR count). The van der Waals surface area contributed by atoms with Crippen LogP contribution in [0.1, 0.15) is 5.56 Å². The second-order valence-electron chi connectivity index (χ2n) is 2.96. The molecular formula is C10H15NO3. The van der Waals surface area contributed by atoms with Crippen molar-refractivity contribution in [1.82, 2.24) is 0 Å². The molecule has 0 aliphatic rings. The molecule has 4 nitrogen and oxygen atoms in total. The summed E-state index contributed by atoms with van der Waals surface area (Å²) in [5.41, 5.74) is 6.18. The van der Waals surface area contributed by atoms with E-state index in [0.29, 0.717) is 17.9 Å². The van der Waals surface area contributed by atoms with Crippen molar-refractivity contribution in [3.05, 3.63) is 23.8 Å². The average molecular weight is 197 g/mol. The third kappa shape index (κ3) is 2.61. The monoisotopic (exact) mass is 197 g/mol. The lowest BCUT2D eigenvalue weighted by Crippen LogP contribution is -2.21. The number of aliphatic hydroxyl groups excluding tert-OH is 1. The summed E-state index contributed by atoms with van der Waals surface area (Å²) in [6.45, 7) is 0. The Balaban J connectivity index is 2.89. The zero-order valence-corrected chi connectivity index (χ0v) is 8.36. The smallest absolute Gasteiger partial charge is 0.160 e. The van der Waals surface area contributed by atoms with E-state index in [2.05, 4.69) is 0 Å². The molecule has 0 bridgehead atoms. The zero-order chi connectivity index (χ0) is 10.6. The van der Waals surface area contributed by atoms with Crippen molar-refractivity contribution >= 4 is 0 Å². The van der Waals surface area contributed by atoms with Crippen LogP contribution in [0.5, 0.6) is 11.5 Å². The maximum absolute atomic E-state index is 9.00.